The summed E-state index contributed by atoms with van der Waals surface area (Å²) in [5.41, 5.74) is 5.76. The fourth-order valence-electron chi connectivity index (χ4n) is 4.25. The Morgan fingerprint density at radius 2 is 2.00 bits per heavy atom. The second kappa shape index (κ2) is 11.2. The minimum atomic E-state index is -0.168. The number of carbonyl (C=O) groups excluding carboxylic acids is 1. The fraction of sp³-hybridized carbons (Fsp3) is 0.200. The molecule has 38 heavy (non-hydrogen) atoms. The highest BCUT2D eigenvalue weighted by atomic mass is 16.5. The number of aliphatic imine (C=N–C) groups is 1. The van der Waals surface area contributed by atoms with E-state index in [1.54, 1.807) is 18.5 Å². The molecule has 1 aliphatic rings. The Labute approximate surface area is 221 Å². The molecule has 2 aromatic heterocycles. The van der Waals surface area contributed by atoms with Crippen LogP contribution >= 0.6 is 0 Å². The number of ether oxygens (including phenoxy) is 2. The van der Waals surface area contributed by atoms with E-state index in [1.807, 2.05) is 79.5 Å². The van der Waals surface area contributed by atoms with Crippen molar-refractivity contribution >= 4 is 24.1 Å². The van der Waals surface area contributed by atoms with Crippen molar-refractivity contribution in [1.29, 1.82) is 0 Å². The number of hydrogen-bond acceptors (Lipinski definition) is 6. The first-order valence-corrected chi connectivity index (χ1v) is 12.4. The number of nitrogens with one attached hydrogen (secondary N) is 1. The van der Waals surface area contributed by atoms with Gasteiger partial charge in [0.25, 0.3) is 5.91 Å². The van der Waals surface area contributed by atoms with Crippen LogP contribution in [0.15, 0.2) is 84.4 Å². The SMILES string of the molecule is C=Nc1cc(-c2cnn(C3COC3)c2)ccc1/C(=C\C)Oc1cccc(C(=O)NCc2ccncc2)c1C. The second-order valence-electron chi connectivity index (χ2n) is 9.01. The van der Waals surface area contributed by atoms with Crippen LogP contribution in [0.1, 0.15) is 40.0 Å². The first kappa shape index (κ1) is 25.1. The summed E-state index contributed by atoms with van der Waals surface area (Å²) in [6, 6.07) is 15.5. The molecule has 0 unspecified atom stereocenters. The van der Waals surface area contributed by atoms with Crippen LogP contribution in [0.5, 0.6) is 5.75 Å². The van der Waals surface area contributed by atoms with Crippen molar-refractivity contribution in [2.45, 2.75) is 26.4 Å². The molecule has 0 atom stereocenters. The molecule has 8 heteroatoms. The molecule has 8 nitrogen and oxygen atoms in total. The number of allylic oxidation sites excluding steroid dienone is 1. The summed E-state index contributed by atoms with van der Waals surface area (Å²) < 4.78 is 13.6. The lowest BCUT2D eigenvalue weighted by Gasteiger charge is -2.25. The molecule has 0 bridgehead atoms. The van der Waals surface area contributed by atoms with E-state index in [0.717, 1.165) is 27.8 Å². The third-order valence-corrected chi connectivity index (χ3v) is 6.58. The molecule has 1 aliphatic heterocycles. The average molecular weight is 508 g/mol. The molecule has 0 saturated carbocycles. The van der Waals surface area contributed by atoms with Crippen molar-refractivity contribution in [3.63, 3.8) is 0 Å². The molecule has 4 aromatic rings. The lowest BCUT2D eigenvalue weighted by atomic mass is 10.0. The Morgan fingerprint density at radius 3 is 2.71 bits per heavy atom. The lowest BCUT2D eigenvalue weighted by Crippen LogP contribution is -2.30. The summed E-state index contributed by atoms with van der Waals surface area (Å²) in [4.78, 5) is 21.2. The van der Waals surface area contributed by atoms with Crippen molar-refractivity contribution in [3.05, 3.63) is 102 Å². The smallest absolute Gasteiger partial charge is 0.251 e. The van der Waals surface area contributed by atoms with Gasteiger partial charge in [0.15, 0.2) is 0 Å². The largest absolute Gasteiger partial charge is 0.457 e. The van der Waals surface area contributed by atoms with Gasteiger partial charge in [-0.1, -0.05) is 12.1 Å². The van der Waals surface area contributed by atoms with Crippen molar-refractivity contribution in [2.75, 3.05) is 13.2 Å². The van der Waals surface area contributed by atoms with E-state index < -0.39 is 0 Å². The van der Waals surface area contributed by atoms with Crippen molar-refractivity contribution < 1.29 is 14.3 Å². The Bertz CT molecular complexity index is 1490. The molecular weight excluding hydrogens is 478 g/mol. The maximum absolute atomic E-state index is 12.9. The maximum Gasteiger partial charge on any atom is 0.251 e. The van der Waals surface area contributed by atoms with Crippen LogP contribution in [0.25, 0.3) is 16.9 Å². The van der Waals surface area contributed by atoms with E-state index in [4.69, 9.17) is 9.47 Å². The number of rotatable bonds is 9. The predicted molar refractivity (Wildman–Crippen MR) is 148 cm³/mol. The van der Waals surface area contributed by atoms with Gasteiger partial charge in [-0.2, -0.15) is 5.10 Å². The van der Waals surface area contributed by atoms with Gasteiger partial charge in [-0.25, -0.2) is 0 Å². The molecule has 5 rings (SSSR count). The summed E-state index contributed by atoms with van der Waals surface area (Å²) in [5.74, 6) is 1.05. The standard InChI is InChI=1S/C30H29N5O3/c1-4-28(26-9-8-22(14-27(26)31-3)23-16-34-35(17-23)24-18-37-19-24)38-29-7-5-6-25(20(29)2)30(36)33-15-21-10-12-32-13-11-21/h4-14,16-17,24H,3,15,18-19H2,1-2H3,(H,33,36)/b28-4+. The third-order valence-electron chi connectivity index (χ3n) is 6.58. The van der Waals surface area contributed by atoms with E-state index in [1.165, 1.54) is 0 Å². The van der Waals surface area contributed by atoms with Gasteiger partial charge >= 0.3 is 0 Å². The molecule has 192 valence electrons. The summed E-state index contributed by atoms with van der Waals surface area (Å²) in [6.07, 6.45) is 9.17. The van der Waals surface area contributed by atoms with Gasteiger partial charge in [0, 0.05) is 47.4 Å². The quantitative estimate of drug-likeness (QED) is 0.238. The van der Waals surface area contributed by atoms with Gasteiger partial charge in [0.2, 0.25) is 0 Å². The van der Waals surface area contributed by atoms with Crippen molar-refractivity contribution in [3.8, 4) is 16.9 Å². The first-order valence-electron chi connectivity index (χ1n) is 12.4. The molecule has 1 fully saturated rings. The van der Waals surface area contributed by atoms with E-state index in [-0.39, 0.29) is 5.91 Å². The van der Waals surface area contributed by atoms with Crippen LogP contribution in [0.3, 0.4) is 0 Å². The van der Waals surface area contributed by atoms with Gasteiger partial charge in [-0.3, -0.25) is 19.5 Å². The van der Waals surface area contributed by atoms with Gasteiger partial charge < -0.3 is 14.8 Å². The number of benzene rings is 2. The highest BCUT2D eigenvalue weighted by Gasteiger charge is 2.21. The van der Waals surface area contributed by atoms with Crippen molar-refractivity contribution in [1.82, 2.24) is 20.1 Å². The van der Waals surface area contributed by atoms with Gasteiger partial charge in [0.05, 0.1) is 31.1 Å². The molecule has 0 radical (unpaired) electrons. The Balaban J connectivity index is 1.34. The normalized spacial score (nSPS) is 13.6. The van der Waals surface area contributed by atoms with Crippen LogP contribution in [0.4, 0.5) is 5.69 Å². The van der Waals surface area contributed by atoms with E-state index in [0.29, 0.717) is 48.6 Å². The summed E-state index contributed by atoms with van der Waals surface area (Å²) >= 11 is 0. The Hall–Kier alpha value is -4.56. The fourth-order valence-corrected chi connectivity index (χ4v) is 4.25. The number of aromatic nitrogens is 3. The highest BCUT2D eigenvalue weighted by Crippen LogP contribution is 2.34. The van der Waals surface area contributed by atoms with Crippen LogP contribution in [-0.2, 0) is 11.3 Å². The molecule has 1 amide bonds. The molecule has 1 saturated heterocycles. The lowest BCUT2D eigenvalue weighted by molar-refractivity contribution is -0.0286. The zero-order valence-electron chi connectivity index (χ0n) is 21.4. The molecule has 3 heterocycles. The molecule has 0 spiro atoms. The summed E-state index contributed by atoms with van der Waals surface area (Å²) in [7, 11) is 0. The molecule has 1 N–H and O–H groups in total. The molecule has 0 aliphatic carbocycles. The first-order chi connectivity index (χ1) is 18.6. The zero-order chi connectivity index (χ0) is 26.5. The predicted octanol–water partition coefficient (Wildman–Crippen LogP) is 5.53. The zero-order valence-corrected chi connectivity index (χ0v) is 21.4. The minimum Gasteiger partial charge on any atom is -0.457 e. The van der Waals surface area contributed by atoms with Gasteiger partial charge in [0.1, 0.15) is 11.5 Å². The summed E-state index contributed by atoms with van der Waals surface area (Å²) in [5, 5.41) is 7.45. The highest BCUT2D eigenvalue weighted by molar-refractivity contribution is 5.96. The average Bonchev–Trinajstić information content (AvgIpc) is 3.40. The number of pyridine rings is 1. The third kappa shape index (κ3) is 5.26. The number of hydrogen-bond donors (Lipinski definition) is 1. The van der Waals surface area contributed by atoms with E-state index >= 15 is 0 Å². The Kier molecular flexibility index (Phi) is 7.42. The van der Waals surface area contributed by atoms with E-state index in [9.17, 15) is 4.79 Å². The molecule has 2 aromatic carbocycles. The second-order valence-corrected chi connectivity index (χ2v) is 9.01. The van der Waals surface area contributed by atoms with Crippen molar-refractivity contribution in [2.24, 2.45) is 4.99 Å². The summed E-state index contributed by atoms with van der Waals surface area (Å²) in [6.45, 7) is 9.36. The van der Waals surface area contributed by atoms with E-state index in [2.05, 4.69) is 27.1 Å². The van der Waals surface area contributed by atoms with Crippen LogP contribution < -0.4 is 10.1 Å². The Morgan fingerprint density at radius 1 is 1.18 bits per heavy atom. The van der Waals surface area contributed by atoms with Gasteiger partial charge in [-0.05, 0) is 74.2 Å². The topological polar surface area (TPSA) is 90.6 Å². The number of nitrogens with zero attached hydrogens (tertiary/aromatic N) is 4. The number of amides is 1. The molecular formula is C30H29N5O3. The van der Waals surface area contributed by atoms with Gasteiger partial charge in [-0.15, -0.1) is 0 Å². The van der Waals surface area contributed by atoms with Crippen LogP contribution in [0, 0.1) is 6.92 Å². The van der Waals surface area contributed by atoms with Crippen LogP contribution in [0.2, 0.25) is 0 Å². The minimum absolute atomic E-state index is 0.168. The maximum atomic E-state index is 12.9. The monoisotopic (exact) mass is 507 g/mol. The van der Waals surface area contributed by atoms with Crippen LogP contribution in [-0.4, -0.2) is 40.6 Å². The number of carbonyl (C=O) groups is 1.